The van der Waals surface area contributed by atoms with Crippen LogP contribution in [0.2, 0.25) is 0 Å². The van der Waals surface area contributed by atoms with Crippen molar-refractivity contribution in [1.29, 1.82) is 0 Å². The summed E-state index contributed by atoms with van der Waals surface area (Å²) in [4.78, 5) is 73.6. The van der Waals surface area contributed by atoms with E-state index < -0.39 is 72.0 Å². The van der Waals surface area contributed by atoms with Crippen LogP contribution in [0.3, 0.4) is 0 Å². The minimum absolute atomic E-state index is 0.0159. The maximum atomic E-state index is 14.1. The number of nitrogens with one attached hydrogen (secondary N) is 2. The van der Waals surface area contributed by atoms with Crippen LogP contribution in [0.25, 0.3) is 11.1 Å². The second-order valence-electron chi connectivity index (χ2n) is 17.8. The number of alkyl carbamates (subject to hydrolysis) is 1. The van der Waals surface area contributed by atoms with Gasteiger partial charge in [0.15, 0.2) is 6.29 Å². The van der Waals surface area contributed by atoms with Crippen molar-refractivity contribution in [2.45, 2.75) is 133 Å². The number of methoxy groups -OCH3 is 2. The third-order valence-electron chi connectivity index (χ3n) is 13.5. The number of fused-ring (bicyclic) bond motifs is 3. The van der Waals surface area contributed by atoms with Crippen LogP contribution in [0.5, 0.6) is 0 Å². The van der Waals surface area contributed by atoms with Gasteiger partial charge in [0.25, 0.3) is 11.7 Å². The van der Waals surface area contributed by atoms with Gasteiger partial charge in [0.05, 0.1) is 24.7 Å². The molecular formula is C47H65N3O14. The molecule has 1 saturated carbocycles. The van der Waals surface area contributed by atoms with Crippen LogP contribution < -0.4 is 10.6 Å². The van der Waals surface area contributed by atoms with Gasteiger partial charge in [-0.15, -0.1) is 0 Å². The molecule has 2 saturated heterocycles. The van der Waals surface area contributed by atoms with Gasteiger partial charge in [0.1, 0.15) is 18.8 Å². The summed E-state index contributed by atoms with van der Waals surface area (Å²) in [5.74, 6) is -7.09. The number of nitrogens with zero attached hydrogens (tertiary/aromatic N) is 1. The molecule has 0 unspecified atom stereocenters. The Morgan fingerprint density at radius 3 is 2.27 bits per heavy atom. The molecule has 2 aliphatic heterocycles. The number of carbonyl (C=O) groups excluding carboxylic acids is 5. The summed E-state index contributed by atoms with van der Waals surface area (Å²) >= 11 is 0. The first-order valence-corrected chi connectivity index (χ1v) is 22.6. The van der Waals surface area contributed by atoms with Crippen LogP contribution >= 0.6 is 0 Å². The van der Waals surface area contributed by atoms with E-state index in [9.17, 15) is 34.2 Å². The Morgan fingerprint density at radius 2 is 1.59 bits per heavy atom. The number of esters is 1. The Balaban J connectivity index is 1.06. The largest absolute Gasteiger partial charge is 0.460 e. The van der Waals surface area contributed by atoms with Crippen molar-refractivity contribution in [2.75, 3.05) is 40.5 Å². The Labute approximate surface area is 374 Å². The van der Waals surface area contributed by atoms with Gasteiger partial charge in [-0.1, -0.05) is 62.4 Å². The van der Waals surface area contributed by atoms with E-state index in [1.807, 2.05) is 43.3 Å². The highest BCUT2D eigenvalue weighted by Crippen LogP contribution is 2.44. The van der Waals surface area contributed by atoms with E-state index in [1.54, 1.807) is 14.0 Å². The van der Waals surface area contributed by atoms with Crippen molar-refractivity contribution in [2.24, 2.45) is 17.8 Å². The number of carbonyl (C=O) groups is 5. The monoisotopic (exact) mass is 895 g/mol. The fourth-order valence-corrected chi connectivity index (χ4v) is 9.80. The Kier molecular flexibility index (Phi) is 17.3. The van der Waals surface area contributed by atoms with Crippen LogP contribution in [0.15, 0.2) is 48.5 Å². The van der Waals surface area contributed by atoms with Crippen molar-refractivity contribution in [1.82, 2.24) is 15.5 Å². The molecule has 0 radical (unpaired) electrons. The van der Waals surface area contributed by atoms with E-state index in [4.69, 9.17) is 28.9 Å². The highest BCUT2D eigenvalue weighted by Gasteiger charge is 2.53. The first-order chi connectivity index (χ1) is 30.8. The lowest BCUT2D eigenvalue weighted by atomic mass is 9.79. The quantitative estimate of drug-likeness (QED) is 0.0328. The predicted octanol–water partition coefficient (Wildman–Crippen LogP) is 4.45. The fourth-order valence-electron chi connectivity index (χ4n) is 9.80. The molecule has 6 rings (SSSR count). The van der Waals surface area contributed by atoms with Gasteiger partial charge < -0.3 is 49.4 Å². The zero-order chi connectivity index (χ0) is 46.0. The second kappa shape index (κ2) is 22.6. The van der Waals surface area contributed by atoms with E-state index in [2.05, 4.69) is 27.7 Å². The molecule has 2 aromatic carbocycles. The highest BCUT2D eigenvalue weighted by molar-refractivity contribution is 6.39. The summed E-state index contributed by atoms with van der Waals surface area (Å²) in [6.45, 7) is 3.83. The first-order valence-electron chi connectivity index (χ1n) is 22.6. The summed E-state index contributed by atoms with van der Waals surface area (Å²) in [5, 5.41) is 36.6. The van der Waals surface area contributed by atoms with Crippen LogP contribution in [-0.4, -0.2) is 133 Å². The lowest BCUT2D eigenvalue weighted by Crippen LogP contribution is -2.61. The molecule has 2 aliphatic carbocycles. The third-order valence-corrected chi connectivity index (χ3v) is 13.5. The maximum Gasteiger partial charge on any atom is 0.407 e. The molecule has 0 aromatic heterocycles. The Morgan fingerprint density at radius 1 is 0.906 bits per heavy atom. The molecule has 352 valence electrons. The average molecular weight is 896 g/mol. The average Bonchev–Trinajstić information content (AvgIpc) is 3.63. The number of rotatable bonds is 19. The molecule has 3 amide bonds. The number of hydrogen-bond acceptors (Lipinski definition) is 14. The van der Waals surface area contributed by atoms with Crippen molar-refractivity contribution < 1.29 is 68.0 Å². The molecule has 2 aromatic rings. The molecule has 5 N–H and O–H groups in total. The molecule has 64 heavy (non-hydrogen) atoms. The molecule has 0 bridgehead atoms. The number of aliphatic hydroxyl groups excluding tert-OH is 1. The van der Waals surface area contributed by atoms with E-state index >= 15 is 0 Å². The number of benzene rings is 2. The molecule has 17 nitrogen and oxygen atoms in total. The van der Waals surface area contributed by atoms with Gasteiger partial charge >= 0.3 is 12.1 Å². The second-order valence-corrected chi connectivity index (χ2v) is 17.8. The summed E-state index contributed by atoms with van der Waals surface area (Å²) in [6, 6.07) is 14.9. The zero-order valence-electron chi connectivity index (χ0n) is 37.3. The van der Waals surface area contributed by atoms with Gasteiger partial charge in [-0.05, 0) is 91.9 Å². The predicted molar refractivity (Wildman–Crippen MR) is 230 cm³/mol. The SMILES string of the molecule is CO[C@@H](C[C@@H]1CC[C@@H](C)[C@](O)(C(=O)C(=O)N2CCCC[C@H]2C(=O)O[C@@H](CC(=O)NCCNC(=O)OCC2c3ccccc3-c3ccccc32)[C@H](C)C[C@@H]2CC[C@@H](O)[C@H](OC)C2)O1)OO. The van der Waals surface area contributed by atoms with E-state index in [1.165, 1.54) is 7.11 Å². The van der Waals surface area contributed by atoms with Crippen molar-refractivity contribution in [3.05, 3.63) is 59.7 Å². The van der Waals surface area contributed by atoms with Gasteiger partial charge in [0.2, 0.25) is 11.7 Å². The molecular weight excluding hydrogens is 831 g/mol. The van der Waals surface area contributed by atoms with Gasteiger partial charge in [-0.3, -0.25) is 14.4 Å². The minimum atomic E-state index is -2.50. The molecule has 4 aliphatic rings. The van der Waals surface area contributed by atoms with Gasteiger partial charge in [-0.2, -0.15) is 0 Å². The van der Waals surface area contributed by atoms with E-state index in [-0.39, 0.29) is 69.4 Å². The molecule has 2 heterocycles. The maximum absolute atomic E-state index is 14.1. The smallest absolute Gasteiger partial charge is 0.407 e. The van der Waals surface area contributed by atoms with Crippen LogP contribution in [0.1, 0.15) is 102 Å². The number of Topliss-reactive ketones (excluding diaryl/α,β-unsaturated/α-hetero) is 1. The molecule has 17 heteroatoms. The van der Waals surface area contributed by atoms with E-state index in [0.717, 1.165) is 33.6 Å². The third kappa shape index (κ3) is 11.7. The standard InChI is InChI=1S/C47H65N3O14/c1-28(23-30-17-19-38(51)40(24-30)59-3)39(26-41(52)48-20-21-49-46(56)61-27-36-34-13-7-5-11-32(34)33-12-6-8-14-35(33)36)62-45(55)37-15-9-10-22-50(37)44(54)43(53)47(57)29(2)16-18-31(63-47)25-42(60-4)64-58/h5-8,11-14,28-31,36-40,42,51,57-58H,9-10,15-27H2,1-4H3,(H,48,52)(H,49,56)/t28-,29-,30+,31+,37+,38-,39+,40-,42-,47-/m1/s1. The van der Waals surface area contributed by atoms with Crippen molar-refractivity contribution >= 4 is 29.7 Å². The minimum Gasteiger partial charge on any atom is -0.460 e. The fraction of sp³-hybridized carbons (Fsp3) is 0.638. The number of amides is 3. The number of ketones is 1. The number of hydrogen-bond donors (Lipinski definition) is 5. The molecule has 3 fully saturated rings. The molecule has 10 atom stereocenters. The summed E-state index contributed by atoms with van der Waals surface area (Å²) in [5.41, 5.74) is 4.41. The number of aliphatic hydroxyl groups is 2. The lowest BCUT2D eigenvalue weighted by molar-refractivity contribution is -0.353. The topological polar surface area (TPSA) is 229 Å². The Bertz CT molecular complexity index is 1880. The normalized spacial score (nSPS) is 27.0. The zero-order valence-corrected chi connectivity index (χ0v) is 37.3. The molecule has 0 spiro atoms. The summed E-state index contributed by atoms with van der Waals surface area (Å²) in [6.07, 6.45) is -0.163. The number of ether oxygens (including phenoxy) is 5. The van der Waals surface area contributed by atoms with Gasteiger partial charge in [0, 0.05) is 52.1 Å². The van der Waals surface area contributed by atoms with Crippen LogP contribution in [0, 0.1) is 17.8 Å². The lowest BCUT2D eigenvalue weighted by Gasteiger charge is -2.42. The summed E-state index contributed by atoms with van der Waals surface area (Å²) in [7, 11) is 2.87. The first kappa shape index (κ1) is 49.0. The number of piperidine rings is 1. The van der Waals surface area contributed by atoms with E-state index in [0.29, 0.717) is 44.9 Å². The van der Waals surface area contributed by atoms with Crippen molar-refractivity contribution in [3.63, 3.8) is 0 Å². The van der Waals surface area contributed by atoms with Gasteiger partial charge in [-0.25, -0.2) is 19.7 Å². The van der Waals surface area contributed by atoms with Crippen LogP contribution in [0.4, 0.5) is 4.79 Å². The Hall–Kier alpha value is -4.49. The van der Waals surface area contributed by atoms with Crippen molar-refractivity contribution in [3.8, 4) is 11.1 Å². The highest BCUT2D eigenvalue weighted by atomic mass is 17.1. The van der Waals surface area contributed by atoms with Crippen LogP contribution in [-0.2, 0) is 47.8 Å². The summed E-state index contributed by atoms with van der Waals surface area (Å²) < 4.78 is 28.1. The number of likely N-dealkylation sites (tertiary alicyclic amines) is 1.